The van der Waals surface area contributed by atoms with Gasteiger partial charge in [-0.3, -0.25) is 0 Å². The molecule has 4 nitrogen and oxygen atoms in total. The van der Waals surface area contributed by atoms with Crippen LogP contribution in [0.5, 0.6) is 0 Å². The van der Waals surface area contributed by atoms with E-state index in [2.05, 4.69) is 5.43 Å². The summed E-state index contributed by atoms with van der Waals surface area (Å²) in [5, 5.41) is 10.1. The molecule has 2 N–H and O–H groups in total. The van der Waals surface area contributed by atoms with Crippen LogP contribution in [0.3, 0.4) is 0 Å². The number of alkyl halides is 3. The van der Waals surface area contributed by atoms with Crippen LogP contribution in [0.4, 0.5) is 18.9 Å². The number of nitrogens with zero attached hydrogens (tertiary/aromatic N) is 1. The average Bonchev–Trinajstić information content (AvgIpc) is 2.14. The van der Waals surface area contributed by atoms with Gasteiger partial charge in [0.15, 0.2) is 0 Å². The van der Waals surface area contributed by atoms with Crippen molar-refractivity contribution in [1.82, 2.24) is 5.01 Å². The maximum absolute atomic E-state index is 12.6. The Kier molecular flexibility index (Phi) is 3.62. The van der Waals surface area contributed by atoms with Crippen molar-refractivity contribution in [2.75, 3.05) is 19.5 Å². The highest BCUT2D eigenvalue weighted by Crippen LogP contribution is 2.33. The van der Waals surface area contributed by atoms with Crippen molar-refractivity contribution in [2.24, 2.45) is 0 Å². The monoisotopic (exact) mass is 248 g/mol. The molecule has 0 saturated heterocycles. The van der Waals surface area contributed by atoms with Crippen molar-refractivity contribution in [3.05, 3.63) is 29.3 Å². The molecule has 1 aromatic rings. The molecule has 0 spiro atoms. The number of halogens is 3. The van der Waals surface area contributed by atoms with E-state index in [0.717, 1.165) is 12.1 Å². The zero-order valence-corrected chi connectivity index (χ0v) is 9.17. The van der Waals surface area contributed by atoms with Gasteiger partial charge in [0.05, 0.1) is 11.1 Å². The van der Waals surface area contributed by atoms with Gasteiger partial charge in [0.25, 0.3) is 0 Å². The second kappa shape index (κ2) is 4.62. The van der Waals surface area contributed by atoms with Crippen LogP contribution in [0.15, 0.2) is 18.2 Å². The number of carbonyl (C=O) groups is 1. The van der Waals surface area contributed by atoms with Gasteiger partial charge in [-0.2, -0.15) is 13.2 Å². The van der Waals surface area contributed by atoms with E-state index in [1.54, 1.807) is 14.1 Å². The molecule has 0 aliphatic rings. The largest absolute Gasteiger partial charge is 0.478 e. The molecular formula is C10H11F3N2O2. The van der Waals surface area contributed by atoms with Gasteiger partial charge in [-0.05, 0) is 18.2 Å². The Hall–Kier alpha value is -1.76. The fourth-order valence-electron chi connectivity index (χ4n) is 1.29. The molecule has 0 aliphatic carbocycles. The molecule has 0 fully saturated rings. The molecule has 0 unspecified atom stereocenters. The van der Waals surface area contributed by atoms with Crippen molar-refractivity contribution in [1.29, 1.82) is 0 Å². The lowest BCUT2D eigenvalue weighted by Crippen LogP contribution is -2.21. The lowest BCUT2D eigenvalue weighted by Gasteiger charge is -2.16. The number of benzene rings is 1. The van der Waals surface area contributed by atoms with Crippen molar-refractivity contribution in [3.8, 4) is 0 Å². The zero-order valence-electron chi connectivity index (χ0n) is 9.17. The molecule has 0 saturated carbocycles. The van der Waals surface area contributed by atoms with Gasteiger partial charge in [-0.1, -0.05) is 0 Å². The summed E-state index contributed by atoms with van der Waals surface area (Å²) in [5.41, 5.74) is 0.865. The standard InChI is InChI=1S/C10H11F3N2O2/c1-15(2)14-6-3-4-7(9(16)17)8(5-6)10(11,12)13/h3-5,14H,1-2H3,(H,16,17). The lowest BCUT2D eigenvalue weighted by molar-refractivity contribution is -0.138. The van der Waals surface area contributed by atoms with E-state index in [0.29, 0.717) is 0 Å². The fraction of sp³-hybridized carbons (Fsp3) is 0.300. The minimum atomic E-state index is -4.70. The van der Waals surface area contributed by atoms with Gasteiger partial charge in [-0.25, -0.2) is 9.80 Å². The number of hydrazine groups is 1. The van der Waals surface area contributed by atoms with Crippen molar-refractivity contribution in [3.63, 3.8) is 0 Å². The van der Waals surface area contributed by atoms with Crippen LogP contribution in [-0.2, 0) is 6.18 Å². The quantitative estimate of drug-likeness (QED) is 0.806. The first-order valence-corrected chi connectivity index (χ1v) is 4.60. The lowest BCUT2D eigenvalue weighted by atomic mass is 10.1. The number of rotatable bonds is 3. The minimum Gasteiger partial charge on any atom is -0.478 e. The molecule has 0 radical (unpaired) electrons. The third-order valence-electron chi connectivity index (χ3n) is 1.91. The van der Waals surface area contributed by atoms with Crippen molar-refractivity contribution < 1.29 is 23.1 Å². The molecule has 0 heterocycles. The number of aromatic carboxylic acids is 1. The summed E-state index contributed by atoms with van der Waals surface area (Å²) in [6.45, 7) is 0. The van der Waals surface area contributed by atoms with Crippen LogP contribution >= 0.6 is 0 Å². The number of nitrogens with one attached hydrogen (secondary N) is 1. The number of anilines is 1. The second-order valence-electron chi connectivity index (χ2n) is 3.57. The Labute approximate surface area is 95.6 Å². The predicted octanol–water partition coefficient (Wildman–Crippen LogP) is 2.29. The normalized spacial score (nSPS) is 11.6. The molecule has 0 aromatic heterocycles. The Morgan fingerprint density at radius 3 is 2.35 bits per heavy atom. The second-order valence-corrected chi connectivity index (χ2v) is 3.57. The first-order chi connectivity index (χ1) is 7.71. The van der Waals surface area contributed by atoms with Gasteiger partial charge in [0, 0.05) is 19.8 Å². The van der Waals surface area contributed by atoms with E-state index in [1.165, 1.54) is 11.1 Å². The highest BCUT2D eigenvalue weighted by atomic mass is 19.4. The molecule has 0 bridgehead atoms. The van der Waals surface area contributed by atoms with Gasteiger partial charge < -0.3 is 10.5 Å². The third kappa shape index (κ3) is 3.35. The highest BCUT2D eigenvalue weighted by Gasteiger charge is 2.35. The zero-order chi connectivity index (χ0) is 13.2. The van der Waals surface area contributed by atoms with Crippen LogP contribution in [0.2, 0.25) is 0 Å². The third-order valence-corrected chi connectivity index (χ3v) is 1.91. The number of carboxylic acids is 1. The SMILES string of the molecule is CN(C)Nc1ccc(C(=O)O)c(C(F)(F)F)c1. The molecule has 0 aliphatic heterocycles. The van der Waals surface area contributed by atoms with E-state index in [-0.39, 0.29) is 5.69 Å². The maximum atomic E-state index is 12.6. The Morgan fingerprint density at radius 1 is 1.35 bits per heavy atom. The molecule has 7 heteroatoms. The van der Waals surface area contributed by atoms with Crippen LogP contribution < -0.4 is 5.43 Å². The summed E-state index contributed by atoms with van der Waals surface area (Å²) in [7, 11) is 3.22. The Morgan fingerprint density at radius 2 is 1.94 bits per heavy atom. The summed E-state index contributed by atoms with van der Waals surface area (Å²) < 4.78 is 37.9. The summed E-state index contributed by atoms with van der Waals surface area (Å²) in [6.07, 6.45) is -4.70. The Bertz CT molecular complexity index is 430. The van der Waals surface area contributed by atoms with Crippen molar-refractivity contribution in [2.45, 2.75) is 6.18 Å². The van der Waals surface area contributed by atoms with Gasteiger partial charge in [0.1, 0.15) is 0 Å². The molecule has 0 atom stereocenters. The van der Waals surface area contributed by atoms with Crippen molar-refractivity contribution >= 4 is 11.7 Å². The van der Waals surface area contributed by atoms with E-state index in [4.69, 9.17) is 5.11 Å². The molecule has 17 heavy (non-hydrogen) atoms. The number of carboxylic acid groups (broad SMARTS) is 1. The van der Waals surface area contributed by atoms with Gasteiger partial charge >= 0.3 is 12.1 Å². The Balaban J connectivity index is 3.25. The smallest absolute Gasteiger partial charge is 0.417 e. The van der Waals surface area contributed by atoms with Crippen LogP contribution in [-0.4, -0.2) is 30.2 Å². The van der Waals surface area contributed by atoms with E-state index in [1.807, 2.05) is 0 Å². The van der Waals surface area contributed by atoms with Crippen LogP contribution in [0.1, 0.15) is 15.9 Å². The van der Waals surface area contributed by atoms with Gasteiger partial charge in [0.2, 0.25) is 0 Å². The van der Waals surface area contributed by atoms with E-state index in [9.17, 15) is 18.0 Å². The number of hydrogen-bond acceptors (Lipinski definition) is 3. The topological polar surface area (TPSA) is 52.6 Å². The summed E-state index contributed by atoms with van der Waals surface area (Å²) >= 11 is 0. The van der Waals surface area contributed by atoms with E-state index < -0.39 is 23.3 Å². The maximum Gasteiger partial charge on any atom is 0.417 e. The first-order valence-electron chi connectivity index (χ1n) is 4.60. The summed E-state index contributed by atoms with van der Waals surface area (Å²) in [5.74, 6) is -1.60. The summed E-state index contributed by atoms with van der Waals surface area (Å²) in [6, 6.07) is 2.97. The molecular weight excluding hydrogens is 237 g/mol. The molecule has 1 aromatic carbocycles. The predicted molar refractivity (Wildman–Crippen MR) is 55.7 cm³/mol. The first kappa shape index (κ1) is 13.3. The minimum absolute atomic E-state index is 0.173. The van der Waals surface area contributed by atoms with Gasteiger partial charge in [-0.15, -0.1) is 0 Å². The number of hydrogen-bond donors (Lipinski definition) is 2. The fourth-order valence-corrected chi connectivity index (χ4v) is 1.29. The molecule has 94 valence electrons. The van der Waals surface area contributed by atoms with Crippen LogP contribution in [0.25, 0.3) is 0 Å². The average molecular weight is 248 g/mol. The molecule has 1 rings (SSSR count). The summed E-state index contributed by atoms with van der Waals surface area (Å²) in [4.78, 5) is 10.7. The molecule has 0 amide bonds. The van der Waals surface area contributed by atoms with Crippen LogP contribution in [0, 0.1) is 0 Å². The highest BCUT2D eigenvalue weighted by molar-refractivity contribution is 5.90. The van der Waals surface area contributed by atoms with E-state index >= 15 is 0 Å².